The number of halogens is 4. The van der Waals surface area contributed by atoms with Gasteiger partial charge in [0.25, 0.3) is 10.0 Å². The predicted molar refractivity (Wildman–Crippen MR) is 80.2 cm³/mol. The number of hydrogen-bond donors (Lipinski definition) is 1. The van der Waals surface area contributed by atoms with Gasteiger partial charge in [-0.3, -0.25) is 0 Å². The van der Waals surface area contributed by atoms with Gasteiger partial charge in [0.15, 0.2) is 16.8 Å². The van der Waals surface area contributed by atoms with Crippen molar-refractivity contribution in [1.29, 1.82) is 0 Å². The average Bonchev–Trinajstić information content (AvgIpc) is 2.54. The van der Waals surface area contributed by atoms with Crippen LogP contribution in [0.1, 0.15) is 11.1 Å². The molecule has 2 aromatic rings. The fourth-order valence-corrected chi connectivity index (χ4v) is 2.76. The number of hydrazone groups is 1. The second-order valence-electron chi connectivity index (χ2n) is 4.47. The highest BCUT2D eigenvalue weighted by Gasteiger charge is 2.25. The Morgan fingerprint density at radius 1 is 1.13 bits per heavy atom. The molecule has 4 nitrogen and oxygen atoms in total. The molecule has 0 bridgehead atoms. The molecule has 0 aliphatic rings. The zero-order chi connectivity index (χ0) is 17.2. The first kappa shape index (κ1) is 17.3. The quantitative estimate of drug-likeness (QED) is 0.515. The zero-order valence-electron chi connectivity index (χ0n) is 11.6. The first-order valence-electron chi connectivity index (χ1n) is 6.18. The number of rotatable bonds is 4. The summed E-state index contributed by atoms with van der Waals surface area (Å²) in [6.45, 7) is 0.988. The van der Waals surface area contributed by atoms with E-state index >= 15 is 0 Å². The van der Waals surface area contributed by atoms with Crippen LogP contribution in [-0.4, -0.2) is 13.6 Å². The highest BCUT2D eigenvalue weighted by atomic mass is 35.5. The van der Waals surface area contributed by atoms with Crippen LogP contribution in [0, 0.1) is 24.4 Å². The van der Waals surface area contributed by atoms with Crippen molar-refractivity contribution in [1.82, 2.24) is 4.83 Å². The second kappa shape index (κ2) is 6.59. The molecule has 0 atom stereocenters. The number of nitrogens with zero attached hydrogens (tertiary/aromatic N) is 1. The number of benzene rings is 2. The largest absolute Gasteiger partial charge is 0.279 e. The van der Waals surface area contributed by atoms with Gasteiger partial charge in [0.05, 0.1) is 0 Å². The smallest absolute Gasteiger partial charge is 0.207 e. The molecule has 0 unspecified atom stereocenters. The molecule has 9 heteroatoms. The van der Waals surface area contributed by atoms with E-state index in [4.69, 9.17) is 11.6 Å². The highest BCUT2D eigenvalue weighted by Crippen LogP contribution is 2.23. The molecule has 0 radical (unpaired) electrons. The summed E-state index contributed by atoms with van der Waals surface area (Å²) in [4.78, 5) is 0.448. The van der Waals surface area contributed by atoms with E-state index < -0.39 is 37.9 Å². The molecule has 0 saturated heterocycles. The second-order valence-corrected chi connectivity index (χ2v) is 6.46. The molecule has 0 heterocycles. The van der Waals surface area contributed by atoms with E-state index in [0.717, 1.165) is 6.92 Å². The molecule has 0 saturated carbocycles. The van der Waals surface area contributed by atoms with Gasteiger partial charge in [-0.25, -0.2) is 13.2 Å². The van der Waals surface area contributed by atoms with Gasteiger partial charge in [-0.1, -0.05) is 41.9 Å². The lowest BCUT2D eigenvalue weighted by atomic mass is 10.2. The van der Waals surface area contributed by atoms with Crippen LogP contribution in [0.4, 0.5) is 13.2 Å². The van der Waals surface area contributed by atoms with Crippen LogP contribution >= 0.6 is 11.6 Å². The van der Waals surface area contributed by atoms with Crippen LogP contribution < -0.4 is 4.83 Å². The maximum Gasteiger partial charge on any atom is 0.279 e. The molecule has 0 aliphatic carbocycles. The molecule has 2 rings (SSSR count). The van der Waals surface area contributed by atoms with Crippen molar-refractivity contribution < 1.29 is 21.6 Å². The van der Waals surface area contributed by atoms with Crippen LogP contribution in [0.15, 0.2) is 46.4 Å². The Morgan fingerprint density at radius 3 is 2.35 bits per heavy atom. The van der Waals surface area contributed by atoms with Gasteiger partial charge in [0, 0.05) is 11.1 Å². The fourth-order valence-electron chi connectivity index (χ4n) is 1.65. The lowest BCUT2D eigenvalue weighted by Crippen LogP contribution is -2.22. The van der Waals surface area contributed by atoms with Crippen molar-refractivity contribution in [3.63, 3.8) is 0 Å². The Hall–Kier alpha value is -2.06. The Morgan fingerprint density at radius 2 is 1.74 bits per heavy atom. The number of sulfonamides is 1. The third-order valence-corrected chi connectivity index (χ3v) is 4.43. The summed E-state index contributed by atoms with van der Waals surface area (Å²) < 4.78 is 64.6. The van der Waals surface area contributed by atoms with E-state index in [1.807, 2.05) is 0 Å². The van der Waals surface area contributed by atoms with Crippen LogP contribution in [0.5, 0.6) is 0 Å². The van der Waals surface area contributed by atoms with Gasteiger partial charge in [0.1, 0.15) is 10.7 Å². The summed E-state index contributed by atoms with van der Waals surface area (Å²) in [7, 11) is -4.63. The number of hydrogen-bond acceptors (Lipinski definition) is 3. The van der Waals surface area contributed by atoms with Gasteiger partial charge in [-0.15, -0.1) is 0 Å². The minimum absolute atomic E-state index is 0.220. The average molecular weight is 363 g/mol. The van der Waals surface area contributed by atoms with Crippen LogP contribution in [0.3, 0.4) is 0 Å². The topological polar surface area (TPSA) is 58.5 Å². The molecule has 122 valence electrons. The maximum absolute atomic E-state index is 13.7. The van der Waals surface area contributed by atoms with Crippen molar-refractivity contribution in [3.05, 3.63) is 65.0 Å². The van der Waals surface area contributed by atoms with Gasteiger partial charge in [-0.05, 0) is 13.0 Å². The Bertz CT molecular complexity index is 871. The van der Waals surface area contributed by atoms with E-state index in [1.165, 1.54) is 0 Å². The minimum Gasteiger partial charge on any atom is -0.207 e. The van der Waals surface area contributed by atoms with Gasteiger partial charge in [0.2, 0.25) is 0 Å². The van der Waals surface area contributed by atoms with E-state index in [0.29, 0.717) is 11.6 Å². The molecule has 0 spiro atoms. The molecular formula is C14H10ClF3N2O2S. The molecule has 0 amide bonds. The summed E-state index contributed by atoms with van der Waals surface area (Å²) >= 11 is 5.81. The molecule has 23 heavy (non-hydrogen) atoms. The Balaban J connectivity index is 2.37. The summed E-state index contributed by atoms with van der Waals surface area (Å²) in [5.41, 5.74) is -0.217. The SMILES string of the molecule is Cc1c(F)cc(S(=O)(=O)N/N=C(\Cl)c2ccccc2)c(F)c1F. The molecule has 0 aliphatic heterocycles. The Labute approximate surface area is 135 Å². The third-order valence-electron chi connectivity index (χ3n) is 2.92. The van der Waals surface area contributed by atoms with E-state index in [9.17, 15) is 21.6 Å². The monoisotopic (exact) mass is 362 g/mol. The normalized spacial score (nSPS) is 12.3. The van der Waals surface area contributed by atoms with E-state index in [-0.39, 0.29) is 5.17 Å². The van der Waals surface area contributed by atoms with Crippen LogP contribution in [0.25, 0.3) is 0 Å². The van der Waals surface area contributed by atoms with Crippen molar-refractivity contribution in [3.8, 4) is 0 Å². The molecular weight excluding hydrogens is 353 g/mol. The molecule has 0 fully saturated rings. The minimum atomic E-state index is -4.63. The van der Waals surface area contributed by atoms with Crippen LogP contribution in [-0.2, 0) is 10.0 Å². The lowest BCUT2D eigenvalue weighted by Gasteiger charge is -2.08. The van der Waals surface area contributed by atoms with Gasteiger partial charge < -0.3 is 0 Å². The van der Waals surface area contributed by atoms with Gasteiger partial charge >= 0.3 is 0 Å². The highest BCUT2D eigenvalue weighted by molar-refractivity contribution is 7.89. The lowest BCUT2D eigenvalue weighted by molar-refractivity contribution is 0.462. The first-order chi connectivity index (χ1) is 10.7. The molecule has 1 N–H and O–H groups in total. The van der Waals surface area contributed by atoms with Crippen LogP contribution in [0.2, 0.25) is 0 Å². The zero-order valence-corrected chi connectivity index (χ0v) is 13.2. The first-order valence-corrected chi connectivity index (χ1v) is 8.04. The predicted octanol–water partition coefficient (Wildman–Crippen LogP) is 3.29. The van der Waals surface area contributed by atoms with Crippen molar-refractivity contribution in [2.75, 3.05) is 0 Å². The fraction of sp³-hybridized carbons (Fsp3) is 0.0714. The van der Waals surface area contributed by atoms with Crippen molar-refractivity contribution in [2.24, 2.45) is 5.10 Å². The van der Waals surface area contributed by atoms with E-state index in [1.54, 1.807) is 35.2 Å². The molecule has 2 aromatic carbocycles. The summed E-state index contributed by atoms with van der Waals surface area (Å²) in [5, 5.41) is 3.18. The van der Waals surface area contributed by atoms with Crippen molar-refractivity contribution in [2.45, 2.75) is 11.8 Å². The van der Waals surface area contributed by atoms with E-state index in [2.05, 4.69) is 5.10 Å². The standard InChI is InChI=1S/C14H10ClF3N2O2S/c1-8-10(16)7-11(13(18)12(8)17)23(21,22)20-19-14(15)9-5-3-2-4-6-9/h2-7,20H,1H3/b19-14-. The van der Waals surface area contributed by atoms with Crippen molar-refractivity contribution >= 4 is 26.8 Å². The van der Waals surface area contributed by atoms with Gasteiger partial charge in [-0.2, -0.15) is 18.4 Å². The summed E-state index contributed by atoms with van der Waals surface area (Å²) in [6, 6.07) is 8.50. The number of nitrogens with one attached hydrogen (secondary N) is 1. The summed E-state index contributed by atoms with van der Waals surface area (Å²) in [6.07, 6.45) is 0. The summed E-state index contributed by atoms with van der Waals surface area (Å²) in [5.74, 6) is -4.46. The maximum atomic E-state index is 13.7. The Kier molecular flexibility index (Phi) is 4.96. The molecule has 0 aromatic heterocycles. The third kappa shape index (κ3) is 3.65.